The molecule has 0 atom stereocenters. The van der Waals surface area contributed by atoms with Gasteiger partial charge < -0.3 is 14.5 Å². The molecule has 6 heteroatoms. The SMILES string of the molecule is CCN(Cc1ccc2c(c1)CN(C(=O)c1ccncc1)CCO2)C(C)=O. The molecule has 6 nitrogen and oxygen atoms in total. The van der Waals surface area contributed by atoms with Gasteiger partial charge in [0.25, 0.3) is 5.91 Å². The van der Waals surface area contributed by atoms with Gasteiger partial charge in [-0.25, -0.2) is 0 Å². The highest BCUT2D eigenvalue weighted by Crippen LogP contribution is 2.26. The predicted molar refractivity (Wildman–Crippen MR) is 97.7 cm³/mol. The maximum absolute atomic E-state index is 12.8. The molecular formula is C20H23N3O3. The van der Waals surface area contributed by atoms with Crippen LogP contribution >= 0.6 is 0 Å². The van der Waals surface area contributed by atoms with Gasteiger partial charge in [0.15, 0.2) is 0 Å². The number of hydrogen-bond donors (Lipinski definition) is 0. The summed E-state index contributed by atoms with van der Waals surface area (Å²) in [5.41, 5.74) is 2.61. The van der Waals surface area contributed by atoms with Gasteiger partial charge in [-0.1, -0.05) is 6.07 Å². The van der Waals surface area contributed by atoms with Crippen LogP contribution in [0.3, 0.4) is 0 Å². The van der Waals surface area contributed by atoms with E-state index in [9.17, 15) is 9.59 Å². The number of hydrogen-bond acceptors (Lipinski definition) is 4. The van der Waals surface area contributed by atoms with Gasteiger partial charge in [0.2, 0.25) is 5.91 Å². The monoisotopic (exact) mass is 353 g/mol. The van der Waals surface area contributed by atoms with Crippen molar-refractivity contribution < 1.29 is 14.3 Å². The maximum Gasteiger partial charge on any atom is 0.254 e. The fourth-order valence-corrected chi connectivity index (χ4v) is 3.06. The van der Waals surface area contributed by atoms with E-state index < -0.39 is 0 Å². The van der Waals surface area contributed by atoms with Crippen LogP contribution in [0.25, 0.3) is 0 Å². The summed E-state index contributed by atoms with van der Waals surface area (Å²) >= 11 is 0. The van der Waals surface area contributed by atoms with E-state index in [0.717, 1.165) is 16.9 Å². The maximum atomic E-state index is 12.8. The average Bonchev–Trinajstić information content (AvgIpc) is 2.87. The Labute approximate surface area is 153 Å². The molecule has 0 fully saturated rings. The summed E-state index contributed by atoms with van der Waals surface area (Å²) in [5, 5.41) is 0. The van der Waals surface area contributed by atoms with Crippen LogP contribution in [0, 0.1) is 0 Å². The van der Waals surface area contributed by atoms with Crippen molar-refractivity contribution in [2.75, 3.05) is 19.7 Å². The Balaban J connectivity index is 1.81. The van der Waals surface area contributed by atoms with Gasteiger partial charge in [-0.2, -0.15) is 0 Å². The first kappa shape index (κ1) is 17.9. The fraction of sp³-hybridized carbons (Fsp3) is 0.350. The van der Waals surface area contributed by atoms with Gasteiger partial charge in [0.1, 0.15) is 12.4 Å². The van der Waals surface area contributed by atoms with Crippen molar-refractivity contribution in [1.82, 2.24) is 14.8 Å². The Bertz CT molecular complexity index is 792. The van der Waals surface area contributed by atoms with Gasteiger partial charge in [0.05, 0.1) is 6.54 Å². The highest BCUT2D eigenvalue weighted by atomic mass is 16.5. The number of rotatable bonds is 4. The minimum Gasteiger partial charge on any atom is -0.491 e. The molecule has 2 aromatic rings. The van der Waals surface area contributed by atoms with E-state index in [-0.39, 0.29) is 11.8 Å². The number of benzene rings is 1. The first-order valence-corrected chi connectivity index (χ1v) is 8.78. The third-order valence-electron chi connectivity index (χ3n) is 4.52. The molecular weight excluding hydrogens is 330 g/mol. The van der Waals surface area contributed by atoms with Gasteiger partial charge in [-0.05, 0) is 36.8 Å². The number of carbonyl (C=O) groups excluding carboxylic acids is 2. The third kappa shape index (κ3) is 4.02. The van der Waals surface area contributed by atoms with Gasteiger partial charge in [-0.15, -0.1) is 0 Å². The molecule has 0 saturated carbocycles. The number of fused-ring (bicyclic) bond motifs is 1. The molecule has 0 unspecified atom stereocenters. The lowest BCUT2D eigenvalue weighted by Gasteiger charge is -2.21. The molecule has 0 bridgehead atoms. The van der Waals surface area contributed by atoms with Crippen LogP contribution in [0.15, 0.2) is 42.7 Å². The first-order valence-electron chi connectivity index (χ1n) is 8.78. The lowest BCUT2D eigenvalue weighted by atomic mass is 10.1. The summed E-state index contributed by atoms with van der Waals surface area (Å²) in [7, 11) is 0. The standard InChI is InChI=1S/C20H23N3O3/c1-3-22(15(2)24)13-16-4-5-19-18(12-16)14-23(10-11-26-19)20(25)17-6-8-21-9-7-17/h4-9,12H,3,10-11,13-14H2,1-2H3. The summed E-state index contributed by atoms with van der Waals surface area (Å²) in [5.74, 6) is 0.811. The zero-order valence-electron chi connectivity index (χ0n) is 15.1. The van der Waals surface area contributed by atoms with Crippen LogP contribution in [0.5, 0.6) is 5.75 Å². The normalized spacial score (nSPS) is 13.4. The summed E-state index contributed by atoms with van der Waals surface area (Å²) in [4.78, 5) is 31.9. The van der Waals surface area contributed by atoms with Crippen LogP contribution in [-0.4, -0.2) is 46.3 Å². The third-order valence-corrected chi connectivity index (χ3v) is 4.52. The Hall–Kier alpha value is -2.89. The number of carbonyl (C=O) groups is 2. The molecule has 1 aliphatic rings. The molecule has 0 N–H and O–H groups in total. The lowest BCUT2D eigenvalue weighted by Crippen LogP contribution is -2.32. The van der Waals surface area contributed by atoms with E-state index in [1.807, 2.05) is 25.1 Å². The van der Waals surface area contributed by atoms with Crippen molar-refractivity contribution in [1.29, 1.82) is 0 Å². The van der Waals surface area contributed by atoms with Crippen molar-refractivity contribution in [2.45, 2.75) is 26.9 Å². The molecule has 1 aromatic heterocycles. The first-order chi connectivity index (χ1) is 12.6. The summed E-state index contributed by atoms with van der Waals surface area (Å²) in [6.07, 6.45) is 3.24. The predicted octanol–water partition coefficient (Wildman–Crippen LogP) is 2.48. The summed E-state index contributed by atoms with van der Waals surface area (Å²) in [6.45, 7) is 6.22. The number of pyridine rings is 1. The molecule has 26 heavy (non-hydrogen) atoms. The Morgan fingerprint density at radius 3 is 2.69 bits per heavy atom. The van der Waals surface area contributed by atoms with E-state index in [4.69, 9.17) is 4.74 Å². The van der Waals surface area contributed by atoms with Crippen molar-refractivity contribution in [2.24, 2.45) is 0 Å². The van der Waals surface area contributed by atoms with Gasteiger partial charge in [-0.3, -0.25) is 14.6 Å². The minimum atomic E-state index is -0.0341. The van der Waals surface area contributed by atoms with Crippen LogP contribution in [0.4, 0.5) is 0 Å². The quantitative estimate of drug-likeness (QED) is 0.847. The summed E-state index contributed by atoms with van der Waals surface area (Å²) < 4.78 is 5.81. The van der Waals surface area contributed by atoms with Gasteiger partial charge >= 0.3 is 0 Å². The highest BCUT2D eigenvalue weighted by Gasteiger charge is 2.21. The minimum absolute atomic E-state index is 0.0341. The van der Waals surface area contributed by atoms with E-state index in [1.165, 1.54) is 0 Å². The molecule has 0 aliphatic carbocycles. The second-order valence-electron chi connectivity index (χ2n) is 6.29. The number of nitrogens with zero attached hydrogens (tertiary/aromatic N) is 3. The van der Waals surface area contributed by atoms with Gasteiger partial charge in [0, 0.05) is 50.1 Å². The number of ether oxygens (including phenoxy) is 1. The second kappa shape index (κ2) is 7.99. The van der Waals surface area contributed by atoms with Crippen molar-refractivity contribution in [3.8, 4) is 5.75 Å². The molecule has 0 radical (unpaired) electrons. The number of amides is 2. The average molecular weight is 353 g/mol. The fourth-order valence-electron chi connectivity index (χ4n) is 3.06. The van der Waals surface area contributed by atoms with Crippen LogP contribution in [0.1, 0.15) is 35.3 Å². The Morgan fingerprint density at radius 1 is 1.23 bits per heavy atom. The van der Waals surface area contributed by atoms with E-state index >= 15 is 0 Å². The smallest absolute Gasteiger partial charge is 0.254 e. The van der Waals surface area contributed by atoms with E-state index in [2.05, 4.69) is 4.98 Å². The number of aromatic nitrogens is 1. The largest absolute Gasteiger partial charge is 0.491 e. The molecule has 3 rings (SSSR count). The molecule has 0 spiro atoms. The van der Waals surface area contributed by atoms with E-state index in [0.29, 0.717) is 38.3 Å². The topological polar surface area (TPSA) is 62.7 Å². The highest BCUT2D eigenvalue weighted by molar-refractivity contribution is 5.94. The Kier molecular flexibility index (Phi) is 5.51. The van der Waals surface area contributed by atoms with E-state index in [1.54, 1.807) is 41.2 Å². The zero-order chi connectivity index (χ0) is 18.5. The van der Waals surface area contributed by atoms with Crippen LogP contribution in [0.2, 0.25) is 0 Å². The summed E-state index contributed by atoms with van der Waals surface area (Å²) in [6, 6.07) is 9.37. The lowest BCUT2D eigenvalue weighted by molar-refractivity contribution is -0.129. The Morgan fingerprint density at radius 2 is 2.00 bits per heavy atom. The molecule has 0 saturated heterocycles. The second-order valence-corrected chi connectivity index (χ2v) is 6.29. The van der Waals surface area contributed by atoms with Crippen molar-refractivity contribution in [3.63, 3.8) is 0 Å². The van der Waals surface area contributed by atoms with Crippen LogP contribution in [-0.2, 0) is 17.9 Å². The van der Waals surface area contributed by atoms with Crippen LogP contribution < -0.4 is 4.74 Å². The molecule has 1 aromatic carbocycles. The van der Waals surface area contributed by atoms with Crippen molar-refractivity contribution in [3.05, 3.63) is 59.4 Å². The molecule has 136 valence electrons. The molecule has 1 aliphatic heterocycles. The molecule has 2 heterocycles. The van der Waals surface area contributed by atoms with Crippen molar-refractivity contribution >= 4 is 11.8 Å². The zero-order valence-corrected chi connectivity index (χ0v) is 15.1. The molecule has 2 amide bonds.